The van der Waals surface area contributed by atoms with Crippen molar-refractivity contribution in [2.75, 3.05) is 12.0 Å². The van der Waals surface area contributed by atoms with Crippen molar-refractivity contribution < 1.29 is 4.79 Å². The molecule has 8 heteroatoms. The van der Waals surface area contributed by atoms with Crippen LogP contribution in [-0.2, 0) is 6.42 Å². The van der Waals surface area contributed by atoms with E-state index in [1.54, 1.807) is 11.3 Å². The fourth-order valence-corrected chi connectivity index (χ4v) is 2.59. The van der Waals surface area contributed by atoms with Gasteiger partial charge in [0.1, 0.15) is 11.0 Å². The maximum atomic E-state index is 12.0. The molecule has 2 heterocycles. The van der Waals surface area contributed by atoms with E-state index in [-0.39, 0.29) is 11.1 Å². The molecule has 106 valence electrons. The predicted molar refractivity (Wildman–Crippen MR) is 79.9 cm³/mol. The molecule has 0 spiro atoms. The third-order valence-electron chi connectivity index (χ3n) is 2.50. The predicted octanol–water partition coefficient (Wildman–Crippen LogP) is 1.76. The summed E-state index contributed by atoms with van der Waals surface area (Å²) in [5.74, 6) is 5.38. The van der Waals surface area contributed by atoms with E-state index in [0.29, 0.717) is 24.3 Å². The van der Waals surface area contributed by atoms with Gasteiger partial charge in [0.25, 0.3) is 5.91 Å². The van der Waals surface area contributed by atoms with Gasteiger partial charge in [-0.1, -0.05) is 11.6 Å². The number of carbonyl (C=O) groups excluding carboxylic acids is 1. The fraction of sp³-hybridized carbons (Fsp3) is 0.250. The summed E-state index contributed by atoms with van der Waals surface area (Å²) in [5.41, 5.74) is 3.77. The van der Waals surface area contributed by atoms with Gasteiger partial charge in [0, 0.05) is 29.6 Å². The van der Waals surface area contributed by atoms with Crippen molar-refractivity contribution in [3.05, 3.63) is 38.9 Å². The maximum Gasteiger partial charge on any atom is 0.251 e. The summed E-state index contributed by atoms with van der Waals surface area (Å²) < 4.78 is 0. The van der Waals surface area contributed by atoms with Crippen LogP contribution in [0.2, 0.25) is 5.15 Å². The molecule has 0 bridgehead atoms. The van der Waals surface area contributed by atoms with Gasteiger partial charge in [0.05, 0.1) is 5.01 Å². The summed E-state index contributed by atoms with van der Waals surface area (Å²) in [6, 6.07) is 3.03. The molecule has 6 nitrogen and oxygen atoms in total. The number of hydrogen-bond donors (Lipinski definition) is 3. The molecule has 0 unspecified atom stereocenters. The number of aromatic nitrogens is 2. The first-order valence-corrected chi connectivity index (χ1v) is 7.17. The zero-order chi connectivity index (χ0) is 14.5. The van der Waals surface area contributed by atoms with E-state index in [2.05, 4.69) is 20.7 Å². The zero-order valence-electron chi connectivity index (χ0n) is 10.8. The Labute approximate surface area is 125 Å². The fourth-order valence-electron chi connectivity index (χ4n) is 1.60. The monoisotopic (exact) mass is 311 g/mol. The van der Waals surface area contributed by atoms with E-state index < -0.39 is 0 Å². The molecule has 0 aromatic carbocycles. The van der Waals surface area contributed by atoms with E-state index in [4.69, 9.17) is 17.4 Å². The van der Waals surface area contributed by atoms with Crippen LogP contribution in [0.25, 0.3) is 0 Å². The van der Waals surface area contributed by atoms with Crippen molar-refractivity contribution in [3.8, 4) is 0 Å². The molecule has 2 aromatic rings. The minimum Gasteiger partial charge on any atom is -0.352 e. The first-order valence-electron chi connectivity index (χ1n) is 5.92. The number of aryl methyl sites for hydroxylation is 1. The number of amides is 1. The number of rotatable bonds is 5. The summed E-state index contributed by atoms with van der Waals surface area (Å²) in [5, 5.41) is 6.00. The minimum atomic E-state index is -0.223. The van der Waals surface area contributed by atoms with Crippen molar-refractivity contribution in [2.24, 2.45) is 5.84 Å². The highest BCUT2D eigenvalue weighted by atomic mass is 35.5. The molecule has 0 aliphatic heterocycles. The molecular weight excluding hydrogens is 298 g/mol. The Kier molecular flexibility index (Phi) is 4.89. The smallest absolute Gasteiger partial charge is 0.251 e. The van der Waals surface area contributed by atoms with Gasteiger partial charge in [-0.15, -0.1) is 11.3 Å². The number of anilines is 1. The van der Waals surface area contributed by atoms with Crippen LogP contribution in [0.3, 0.4) is 0 Å². The molecule has 20 heavy (non-hydrogen) atoms. The molecule has 1 amide bonds. The standard InChI is InChI=1S/C12H14ClN5OS/c1-7-6-20-11(16-7)2-3-15-12(19)8-4-9(13)17-10(5-8)18-14/h4-6H,2-3,14H2,1H3,(H,15,19)(H,17,18). The van der Waals surface area contributed by atoms with Gasteiger partial charge in [-0.3, -0.25) is 4.79 Å². The lowest BCUT2D eigenvalue weighted by molar-refractivity contribution is 0.0954. The van der Waals surface area contributed by atoms with Crippen LogP contribution in [0.1, 0.15) is 21.1 Å². The second-order valence-corrected chi connectivity index (χ2v) is 5.43. The van der Waals surface area contributed by atoms with Crippen LogP contribution in [0, 0.1) is 6.92 Å². The van der Waals surface area contributed by atoms with Gasteiger partial charge >= 0.3 is 0 Å². The second kappa shape index (κ2) is 6.65. The molecule has 0 radical (unpaired) electrons. The molecule has 0 saturated heterocycles. The van der Waals surface area contributed by atoms with Crippen molar-refractivity contribution in [1.29, 1.82) is 0 Å². The molecule has 2 rings (SSSR count). The van der Waals surface area contributed by atoms with Crippen molar-refractivity contribution >= 4 is 34.7 Å². The molecule has 0 fully saturated rings. The highest BCUT2D eigenvalue weighted by Crippen LogP contribution is 2.14. The van der Waals surface area contributed by atoms with Crippen molar-refractivity contribution in [1.82, 2.24) is 15.3 Å². The zero-order valence-corrected chi connectivity index (χ0v) is 12.4. The summed E-state index contributed by atoms with van der Waals surface area (Å²) in [4.78, 5) is 20.2. The van der Waals surface area contributed by atoms with E-state index >= 15 is 0 Å². The van der Waals surface area contributed by atoms with E-state index in [9.17, 15) is 4.79 Å². The van der Waals surface area contributed by atoms with Gasteiger partial charge in [0.2, 0.25) is 0 Å². The maximum absolute atomic E-state index is 12.0. The minimum absolute atomic E-state index is 0.209. The van der Waals surface area contributed by atoms with Crippen LogP contribution >= 0.6 is 22.9 Å². The average molecular weight is 312 g/mol. The molecule has 0 aliphatic rings. The van der Waals surface area contributed by atoms with Crippen molar-refractivity contribution in [2.45, 2.75) is 13.3 Å². The highest BCUT2D eigenvalue weighted by molar-refractivity contribution is 7.09. The number of nitrogens with zero attached hydrogens (tertiary/aromatic N) is 2. The summed E-state index contributed by atoms with van der Waals surface area (Å²) in [6.45, 7) is 2.45. The Hall–Kier alpha value is -1.70. The summed E-state index contributed by atoms with van der Waals surface area (Å²) >= 11 is 7.40. The Bertz CT molecular complexity index is 616. The molecule has 0 saturated carbocycles. The number of hydrazine groups is 1. The lowest BCUT2D eigenvalue weighted by Crippen LogP contribution is -2.26. The number of nitrogens with one attached hydrogen (secondary N) is 2. The number of carbonyl (C=O) groups is 1. The number of nitrogen functional groups attached to an aromatic ring is 1. The first-order chi connectivity index (χ1) is 9.58. The quantitative estimate of drug-likeness (QED) is 0.444. The molecule has 0 atom stereocenters. The van der Waals surface area contributed by atoms with Crippen LogP contribution in [0.5, 0.6) is 0 Å². The van der Waals surface area contributed by atoms with Crippen LogP contribution in [0.4, 0.5) is 5.82 Å². The summed E-state index contributed by atoms with van der Waals surface area (Å²) in [6.07, 6.45) is 0.699. The lowest BCUT2D eigenvalue weighted by Gasteiger charge is -2.06. The topological polar surface area (TPSA) is 92.9 Å². The number of pyridine rings is 1. The third kappa shape index (κ3) is 3.89. The number of hydrogen-bond acceptors (Lipinski definition) is 6. The Morgan fingerprint density at radius 3 is 2.90 bits per heavy atom. The number of halogens is 1. The first kappa shape index (κ1) is 14.7. The summed E-state index contributed by atoms with van der Waals surface area (Å²) in [7, 11) is 0. The average Bonchev–Trinajstić information content (AvgIpc) is 2.83. The molecule has 2 aromatic heterocycles. The van der Waals surface area contributed by atoms with E-state index in [0.717, 1.165) is 10.7 Å². The molecule has 4 N–H and O–H groups in total. The van der Waals surface area contributed by atoms with Gasteiger partial charge in [-0.05, 0) is 19.1 Å². The normalized spacial score (nSPS) is 10.3. The highest BCUT2D eigenvalue weighted by Gasteiger charge is 2.09. The van der Waals surface area contributed by atoms with Gasteiger partial charge in [0.15, 0.2) is 0 Å². The molecular formula is C12H14ClN5OS. The Morgan fingerprint density at radius 1 is 1.45 bits per heavy atom. The SMILES string of the molecule is Cc1csc(CCNC(=O)c2cc(Cl)nc(NN)c2)n1. The Balaban J connectivity index is 1.93. The largest absolute Gasteiger partial charge is 0.352 e. The van der Waals surface area contributed by atoms with Crippen molar-refractivity contribution in [3.63, 3.8) is 0 Å². The second-order valence-electron chi connectivity index (χ2n) is 4.10. The number of nitrogens with two attached hydrogens (primary N) is 1. The van der Waals surface area contributed by atoms with E-state index in [1.165, 1.54) is 12.1 Å². The molecule has 0 aliphatic carbocycles. The van der Waals surface area contributed by atoms with Gasteiger partial charge < -0.3 is 10.7 Å². The van der Waals surface area contributed by atoms with E-state index in [1.807, 2.05) is 12.3 Å². The van der Waals surface area contributed by atoms with Crippen LogP contribution in [-0.4, -0.2) is 22.4 Å². The van der Waals surface area contributed by atoms with Crippen LogP contribution in [0.15, 0.2) is 17.5 Å². The Morgan fingerprint density at radius 2 is 2.25 bits per heavy atom. The number of thiazole rings is 1. The van der Waals surface area contributed by atoms with Gasteiger partial charge in [-0.25, -0.2) is 15.8 Å². The lowest BCUT2D eigenvalue weighted by atomic mass is 10.2. The van der Waals surface area contributed by atoms with Gasteiger partial charge in [-0.2, -0.15) is 0 Å². The van der Waals surface area contributed by atoms with Crippen LogP contribution < -0.4 is 16.6 Å². The third-order valence-corrected chi connectivity index (χ3v) is 3.72.